The Kier molecular flexibility index (Phi) is 4.39. The highest BCUT2D eigenvalue weighted by Gasteiger charge is 2.04. The van der Waals surface area contributed by atoms with Gasteiger partial charge in [0.2, 0.25) is 0 Å². The molecule has 0 amide bonds. The number of hydrogen-bond donors (Lipinski definition) is 1. The molecule has 0 aliphatic carbocycles. The van der Waals surface area contributed by atoms with Gasteiger partial charge in [0.05, 0.1) is 33.1 Å². The number of furan rings is 1. The number of methoxy groups -OCH3 is 1. The Bertz CT molecular complexity index is 493. The molecule has 1 heterocycles. The van der Waals surface area contributed by atoms with E-state index in [1.807, 2.05) is 30.3 Å². The van der Waals surface area contributed by atoms with Crippen molar-refractivity contribution >= 4 is 0 Å². The Hall–Kier alpha value is -1.78. The van der Waals surface area contributed by atoms with Gasteiger partial charge in [-0.05, 0) is 23.8 Å². The van der Waals surface area contributed by atoms with Gasteiger partial charge in [-0.2, -0.15) is 0 Å². The van der Waals surface area contributed by atoms with Gasteiger partial charge in [0.1, 0.15) is 11.5 Å². The maximum absolute atomic E-state index is 5.63. The maximum Gasteiger partial charge on any atom is 0.122 e. The third kappa shape index (κ3) is 3.12. The van der Waals surface area contributed by atoms with Crippen molar-refractivity contribution < 1.29 is 13.9 Å². The lowest BCUT2D eigenvalue weighted by molar-refractivity contribution is 0.106. The first-order valence-electron chi connectivity index (χ1n) is 5.79. The van der Waals surface area contributed by atoms with Crippen LogP contribution >= 0.6 is 0 Å². The van der Waals surface area contributed by atoms with Crippen molar-refractivity contribution in [3.8, 4) is 5.75 Å². The highest BCUT2D eigenvalue weighted by Crippen LogP contribution is 2.15. The van der Waals surface area contributed by atoms with E-state index in [9.17, 15) is 0 Å². The summed E-state index contributed by atoms with van der Waals surface area (Å²) >= 11 is 0. The van der Waals surface area contributed by atoms with E-state index in [0.29, 0.717) is 19.8 Å². The van der Waals surface area contributed by atoms with Crippen LogP contribution in [0, 0.1) is 0 Å². The summed E-state index contributed by atoms with van der Waals surface area (Å²) in [6.07, 6.45) is 1.63. The summed E-state index contributed by atoms with van der Waals surface area (Å²) in [6, 6.07) is 9.70. The zero-order valence-corrected chi connectivity index (χ0v) is 10.4. The first-order chi connectivity index (χ1) is 8.83. The second-order valence-electron chi connectivity index (χ2n) is 3.92. The first-order valence-corrected chi connectivity index (χ1v) is 5.79. The quantitative estimate of drug-likeness (QED) is 0.852. The molecule has 2 aromatic rings. The minimum Gasteiger partial charge on any atom is -0.497 e. The molecule has 0 aliphatic rings. The van der Waals surface area contributed by atoms with E-state index in [1.165, 1.54) is 0 Å². The number of nitrogens with two attached hydrogens (primary N) is 1. The molecule has 4 nitrogen and oxygen atoms in total. The van der Waals surface area contributed by atoms with Gasteiger partial charge in [0.15, 0.2) is 0 Å². The molecule has 0 radical (unpaired) electrons. The maximum atomic E-state index is 5.63. The fourth-order valence-electron chi connectivity index (χ4n) is 1.72. The molecule has 96 valence electrons. The molecular weight excluding hydrogens is 230 g/mol. The molecule has 0 spiro atoms. The van der Waals surface area contributed by atoms with Gasteiger partial charge in [-0.25, -0.2) is 0 Å². The fraction of sp³-hybridized carbons (Fsp3) is 0.286. The van der Waals surface area contributed by atoms with Crippen molar-refractivity contribution in [3.05, 3.63) is 53.5 Å². The topological polar surface area (TPSA) is 57.6 Å². The number of ether oxygens (including phenoxy) is 2. The molecule has 0 saturated carbocycles. The van der Waals surface area contributed by atoms with Crippen molar-refractivity contribution in [1.82, 2.24) is 0 Å². The molecule has 0 bridgehead atoms. The molecule has 0 saturated heterocycles. The summed E-state index contributed by atoms with van der Waals surface area (Å²) in [4.78, 5) is 0. The van der Waals surface area contributed by atoms with Crippen LogP contribution in [0.2, 0.25) is 0 Å². The Balaban J connectivity index is 1.88. The lowest BCUT2D eigenvalue weighted by Crippen LogP contribution is -2.00. The fourth-order valence-corrected chi connectivity index (χ4v) is 1.72. The van der Waals surface area contributed by atoms with Gasteiger partial charge >= 0.3 is 0 Å². The number of hydrogen-bond acceptors (Lipinski definition) is 4. The number of rotatable bonds is 6. The third-order valence-electron chi connectivity index (χ3n) is 2.68. The van der Waals surface area contributed by atoms with Crippen molar-refractivity contribution in [2.75, 3.05) is 7.11 Å². The Morgan fingerprint density at radius 2 is 2.11 bits per heavy atom. The summed E-state index contributed by atoms with van der Waals surface area (Å²) < 4.78 is 16.0. The van der Waals surface area contributed by atoms with Crippen LogP contribution < -0.4 is 10.5 Å². The molecule has 0 fully saturated rings. The second kappa shape index (κ2) is 6.23. The molecule has 0 atom stereocenters. The van der Waals surface area contributed by atoms with Crippen molar-refractivity contribution in [2.24, 2.45) is 5.73 Å². The van der Waals surface area contributed by atoms with E-state index in [0.717, 1.165) is 22.6 Å². The molecule has 0 aliphatic heterocycles. The van der Waals surface area contributed by atoms with E-state index in [4.69, 9.17) is 19.6 Å². The minimum atomic E-state index is 0.394. The van der Waals surface area contributed by atoms with Crippen LogP contribution in [-0.4, -0.2) is 7.11 Å². The summed E-state index contributed by atoms with van der Waals surface area (Å²) in [5, 5.41) is 0. The van der Waals surface area contributed by atoms with Crippen LogP contribution in [0.4, 0.5) is 0 Å². The third-order valence-corrected chi connectivity index (χ3v) is 2.68. The van der Waals surface area contributed by atoms with Gasteiger partial charge in [-0.3, -0.25) is 0 Å². The predicted octanol–water partition coefficient (Wildman–Crippen LogP) is 2.46. The highest BCUT2D eigenvalue weighted by molar-refractivity contribution is 5.27. The van der Waals surface area contributed by atoms with Crippen LogP contribution in [0.25, 0.3) is 0 Å². The molecule has 18 heavy (non-hydrogen) atoms. The van der Waals surface area contributed by atoms with E-state index in [-0.39, 0.29) is 0 Å². The minimum absolute atomic E-state index is 0.394. The van der Waals surface area contributed by atoms with Gasteiger partial charge in [-0.1, -0.05) is 12.1 Å². The summed E-state index contributed by atoms with van der Waals surface area (Å²) in [6.45, 7) is 1.43. The van der Waals surface area contributed by atoms with E-state index in [1.54, 1.807) is 13.4 Å². The largest absolute Gasteiger partial charge is 0.497 e. The van der Waals surface area contributed by atoms with Crippen molar-refractivity contribution in [1.29, 1.82) is 0 Å². The Labute approximate surface area is 106 Å². The zero-order chi connectivity index (χ0) is 12.8. The summed E-state index contributed by atoms with van der Waals surface area (Å²) in [5.41, 5.74) is 7.63. The van der Waals surface area contributed by atoms with Gasteiger partial charge < -0.3 is 19.6 Å². The molecule has 2 rings (SSSR count). The molecule has 1 aromatic heterocycles. The molecule has 0 unspecified atom stereocenters. The molecular formula is C14H17NO3. The lowest BCUT2D eigenvalue weighted by Gasteiger charge is -2.06. The monoisotopic (exact) mass is 247 g/mol. The average Bonchev–Trinajstić information content (AvgIpc) is 2.86. The van der Waals surface area contributed by atoms with Crippen LogP contribution in [0.3, 0.4) is 0 Å². The molecule has 2 N–H and O–H groups in total. The highest BCUT2D eigenvalue weighted by atomic mass is 16.5. The van der Waals surface area contributed by atoms with Gasteiger partial charge in [-0.15, -0.1) is 0 Å². The Morgan fingerprint density at radius 1 is 1.22 bits per heavy atom. The predicted molar refractivity (Wildman–Crippen MR) is 68.1 cm³/mol. The van der Waals surface area contributed by atoms with E-state index in [2.05, 4.69) is 0 Å². The Morgan fingerprint density at radius 3 is 2.89 bits per heavy atom. The van der Waals surface area contributed by atoms with Crippen LogP contribution in [0.1, 0.15) is 16.9 Å². The van der Waals surface area contributed by atoms with Gasteiger partial charge in [0, 0.05) is 5.56 Å². The summed E-state index contributed by atoms with van der Waals surface area (Å²) in [7, 11) is 1.65. The normalized spacial score (nSPS) is 10.6. The van der Waals surface area contributed by atoms with Crippen molar-refractivity contribution in [2.45, 2.75) is 19.8 Å². The number of benzene rings is 1. The van der Waals surface area contributed by atoms with Gasteiger partial charge in [0.25, 0.3) is 0 Å². The second-order valence-corrected chi connectivity index (χ2v) is 3.92. The molecule has 1 aromatic carbocycles. The van der Waals surface area contributed by atoms with Crippen LogP contribution in [0.15, 0.2) is 41.0 Å². The van der Waals surface area contributed by atoms with E-state index >= 15 is 0 Å². The standard InChI is InChI=1S/C14H17NO3/c1-16-13-4-2-3-11(7-13)9-17-10-12-5-6-18-14(12)8-15/h2-7H,8-10,15H2,1H3. The smallest absolute Gasteiger partial charge is 0.122 e. The lowest BCUT2D eigenvalue weighted by atomic mass is 10.2. The average molecular weight is 247 g/mol. The summed E-state index contributed by atoms with van der Waals surface area (Å²) in [5.74, 6) is 1.61. The SMILES string of the molecule is COc1cccc(COCc2ccoc2CN)c1. The van der Waals surface area contributed by atoms with Crippen LogP contribution in [0.5, 0.6) is 5.75 Å². The van der Waals surface area contributed by atoms with Crippen molar-refractivity contribution in [3.63, 3.8) is 0 Å². The van der Waals surface area contributed by atoms with Crippen LogP contribution in [-0.2, 0) is 24.5 Å². The first kappa shape index (κ1) is 12.7. The zero-order valence-electron chi connectivity index (χ0n) is 10.4. The molecule has 4 heteroatoms. The van der Waals surface area contributed by atoms with E-state index < -0.39 is 0 Å².